The van der Waals surface area contributed by atoms with Crippen molar-refractivity contribution in [3.05, 3.63) is 48.0 Å². The number of aryl methyl sites for hydroxylation is 1. The highest BCUT2D eigenvalue weighted by Crippen LogP contribution is 2.30. The van der Waals surface area contributed by atoms with E-state index < -0.39 is 6.55 Å². The maximum atomic E-state index is 12.7. The second-order valence-electron chi connectivity index (χ2n) is 4.63. The number of anilines is 2. The van der Waals surface area contributed by atoms with Gasteiger partial charge in [0.15, 0.2) is 4.34 Å². The zero-order valence-electron chi connectivity index (χ0n) is 12.1. The Morgan fingerprint density at radius 2 is 2.13 bits per heavy atom. The molecule has 2 aromatic heterocycles. The van der Waals surface area contributed by atoms with Gasteiger partial charge < -0.3 is 5.32 Å². The number of alkyl halides is 2. The van der Waals surface area contributed by atoms with Gasteiger partial charge in [-0.25, -0.2) is 4.98 Å². The smallest absolute Gasteiger partial charge is 0.319 e. The largest absolute Gasteiger partial charge is 0.330 e. The first kappa shape index (κ1) is 15.9. The van der Waals surface area contributed by atoms with Crippen molar-refractivity contribution in [3.63, 3.8) is 0 Å². The van der Waals surface area contributed by atoms with E-state index in [1.165, 1.54) is 35.5 Å². The second kappa shape index (κ2) is 7.05. The lowest BCUT2D eigenvalue weighted by molar-refractivity contribution is 0.0678. The van der Waals surface area contributed by atoms with Crippen LogP contribution >= 0.6 is 23.1 Å². The number of aromatic nitrogens is 4. The van der Waals surface area contributed by atoms with E-state index in [1.807, 2.05) is 31.2 Å². The number of nitrogens with one attached hydrogen (secondary N) is 1. The van der Waals surface area contributed by atoms with Gasteiger partial charge in [-0.05, 0) is 18.6 Å². The highest BCUT2D eigenvalue weighted by atomic mass is 32.2. The van der Waals surface area contributed by atoms with E-state index in [4.69, 9.17) is 0 Å². The van der Waals surface area contributed by atoms with Gasteiger partial charge in [0, 0.05) is 18.1 Å². The predicted octanol–water partition coefficient (Wildman–Crippen LogP) is 4.47. The molecule has 0 amide bonds. The fraction of sp³-hybridized carbons (Fsp3) is 0.214. The standard InChI is InChI=1S/C14H13F2N5S2/c1-9-4-2-3-5-10(9)18-13-19-20-14(23-13)22-8-11-17-6-7-21(11)12(15)16/h2-7,12H,8H2,1H3,(H,18,19). The normalized spacial score (nSPS) is 11.1. The Hall–Kier alpha value is -2.00. The third-order valence-electron chi connectivity index (χ3n) is 3.08. The summed E-state index contributed by atoms with van der Waals surface area (Å²) in [6.45, 7) is -0.579. The van der Waals surface area contributed by atoms with Gasteiger partial charge in [-0.1, -0.05) is 41.3 Å². The van der Waals surface area contributed by atoms with Crippen molar-refractivity contribution < 1.29 is 8.78 Å². The molecule has 0 aliphatic carbocycles. The number of hydrogen-bond donors (Lipinski definition) is 1. The number of benzene rings is 1. The molecule has 3 rings (SSSR count). The summed E-state index contributed by atoms with van der Waals surface area (Å²) in [6, 6.07) is 7.87. The summed E-state index contributed by atoms with van der Waals surface area (Å²) in [7, 11) is 0. The minimum Gasteiger partial charge on any atom is -0.330 e. The molecule has 1 aromatic carbocycles. The van der Waals surface area contributed by atoms with Crippen molar-refractivity contribution in [2.24, 2.45) is 0 Å². The highest BCUT2D eigenvalue weighted by Gasteiger charge is 2.13. The Labute approximate surface area is 139 Å². The molecule has 0 spiro atoms. The molecule has 5 nitrogen and oxygen atoms in total. The SMILES string of the molecule is Cc1ccccc1Nc1nnc(SCc2nccn2C(F)F)s1. The van der Waals surface area contributed by atoms with Crippen LogP contribution in [0.25, 0.3) is 0 Å². The fourth-order valence-electron chi connectivity index (χ4n) is 1.91. The monoisotopic (exact) mass is 353 g/mol. The van der Waals surface area contributed by atoms with E-state index in [0.717, 1.165) is 15.8 Å². The number of halogens is 2. The average Bonchev–Trinajstić information content (AvgIpc) is 3.16. The molecule has 0 aliphatic rings. The summed E-state index contributed by atoms with van der Waals surface area (Å²) < 4.78 is 27.0. The molecule has 0 radical (unpaired) electrons. The van der Waals surface area contributed by atoms with Gasteiger partial charge in [0.25, 0.3) is 0 Å². The summed E-state index contributed by atoms with van der Waals surface area (Å²) in [6.07, 6.45) is 2.64. The Balaban J connectivity index is 1.63. The summed E-state index contributed by atoms with van der Waals surface area (Å²) in [5.41, 5.74) is 2.07. The van der Waals surface area contributed by atoms with Gasteiger partial charge in [0.1, 0.15) is 5.82 Å². The quantitative estimate of drug-likeness (QED) is 0.663. The Kier molecular flexibility index (Phi) is 4.87. The zero-order valence-corrected chi connectivity index (χ0v) is 13.7. The summed E-state index contributed by atoms with van der Waals surface area (Å²) in [4.78, 5) is 3.94. The third kappa shape index (κ3) is 3.85. The third-order valence-corrected chi connectivity index (χ3v) is 5.05. The minimum absolute atomic E-state index is 0.314. The van der Waals surface area contributed by atoms with Crippen LogP contribution in [0.4, 0.5) is 19.6 Å². The van der Waals surface area contributed by atoms with Gasteiger partial charge in [0.2, 0.25) is 5.13 Å². The van der Waals surface area contributed by atoms with Crippen LogP contribution in [0.2, 0.25) is 0 Å². The van der Waals surface area contributed by atoms with Gasteiger partial charge >= 0.3 is 6.55 Å². The topological polar surface area (TPSA) is 55.6 Å². The molecule has 9 heteroatoms. The first-order valence-corrected chi connectivity index (χ1v) is 8.52. The van der Waals surface area contributed by atoms with E-state index in [1.54, 1.807) is 0 Å². The molecule has 120 valence electrons. The lowest BCUT2D eigenvalue weighted by atomic mass is 10.2. The van der Waals surface area contributed by atoms with Gasteiger partial charge in [-0.2, -0.15) is 8.78 Å². The predicted molar refractivity (Wildman–Crippen MR) is 87.4 cm³/mol. The lowest BCUT2D eigenvalue weighted by Crippen LogP contribution is -2.01. The molecule has 0 aliphatic heterocycles. The molecule has 23 heavy (non-hydrogen) atoms. The lowest BCUT2D eigenvalue weighted by Gasteiger charge is -2.05. The zero-order chi connectivity index (χ0) is 16.2. The Morgan fingerprint density at radius 1 is 1.30 bits per heavy atom. The van der Waals surface area contributed by atoms with Crippen LogP contribution in [0, 0.1) is 6.92 Å². The molecular formula is C14H13F2N5S2. The molecule has 0 saturated heterocycles. The molecule has 2 heterocycles. The van der Waals surface area contributed by atoms with E-state index in [0.29, 0.717) is 21.0 Å². The average molecular weight is 353 g/mol. The molecule has 0 saturated carbocycles. The second-order valence-corrected chi connectivity index (χ2v) is 6.83. The number of nitrogens with zero attached hydrogens (tertiary/aromatic N) is 4. The number of thioether (sulfide) groups is 1. The van der Waals surface area contributed by atoms with E-state index in [9.17, 15) is 8.78 Å². The van der Waals surface area contributed by atoms with Crippen LogP contribution in [0.3, 0.4) is 0 Å². The van der Waals surface area contributed by atoms with E-state index in [-0.39, 0.29) is 0 Å². The van der Waals surface area contributed by atoms with Gasteiger partial charge in [0.05, 0.1) is 5.75 Å². The Morgan fingerprint density at radius 3 is 2.91 bits per heavy atom. The minimum atomic E-state index is -2.58. The molecular weight excluding hydrogens is 340 g/mol. The van der Waals surface area contributed by atoms with Crippen LogP contribution in [0.15, 0.2) is 41.0 Å². The maximum Gasteiger partial charge on any atom is 0.319 e. The van der Waals surface area contributed by atoms with Crippen LogP contribution in [0.1, 0.15) is 17.9 Å². The molecule has 0 fully saturated rings. The first-order chi connectivity index (χ1) is 11.1. The Bertz CT molecular complexity index is 787. The maximum absolute atomic E-state index is 12.7. The van der Waals surface area contributed by atoms with Gasteiger partial charge in [-0.15, -0.1) is 10.2 Å². The molecule has 1 N–H and O–H groups in total. The first-order valence-electron chi connectivity index (χ1n) is 6.72. The van der Waals surface area contributed by atoms with Gasteiger partial charge in [-0.3, -0.25) is 4.57 Å². The molecule has 0 unspecified atom stereocenters. The fourth-order valence-corrected chi connectivity index (χ4v) is 3.62. The summed E-state index contributed by atoms with van der Waals surface area (Å²) in [5, 5.41) is 12.0. The van der Waals surface area contributed by atoms with E-state index in [2.05, 4.69) is 20.5 Å². The van der Waals surface area contributed by atoms with Crippen molar-refractivity contribution >= 4 is 33.9 Å². The summed E-state index contributed by atoms with van der Waals surface area (Å²) in [5.74, 6) is 0.629. The number of para-hydroxylation sites is 1. The molecule has 0 atom stereocenters. The number of imidazole rings is 1. The van der Waals surface area contributed by atoms with Crippen LogP contribution in [0.5, 0.6) is 0 Å². The van der Waals surface area contributed by atoms with E-state index >= 15 is 0 Å². The molecule has 3 aromatic rings. The number of rotatable bonds is 6. The van der Waals surface area contributed by atoms with Crippen LogP contribution in [-0.2, 0) is 5.75 Å². The number of hydrogen-bond acceptors (Lipinski definition) is 6. The highest BCUT2D eigenvalue weighted by molar-refractivity contribution is 8.00. The van der Waals surface area contributed by atoms with Crippen molar-refractivity contribution in [3.8, 4) is 0 Å². The molecule has 0 bridgehead atoms. The van der Waals surface area contributed by atoms with Crippen molar-refractivity contribution in [2.45, 2.75) is 23.6 Å². The van der Waals surface area contributed by atoms with Crippen molar-refractivity contribution in [1.29, 1.82) is 0 Å². The van der Waals surface area contributed by atoms with Crippen molar-refractivity contribution in [1.82, 2.24) is 19.7 Å². The van der Waals surface area contributed by atoms with Crippen molar-refractivity contribution in [2.75, 3.05) is 5.32 Å². The van der Waals surface area contributed by atoms with Crippen LogP contribution in [-0.4, -0.2) is 19.7 Å². The summed E-state index contributed by atoms with van der Waals surface area (Å²) >= 11 is 2.71. The van der Waals surface area contributed by atoms with Crippen LogP contribution < -0.4 is 5.32 Å².